The summed E-state index contributed by atoms with van der Waals surface area (Å²) in [4.78, 5) is 14.2. The van der Waals surface area contributed by atoms with Crippen LogP contribution in [0.25, 0.3) is 0 Å². The molecule has 0 bridgehead atoms. The van der Waals surface area contributed by atoms with Crippen molar-refractivity contribution in [2.45, 2.75) is 13.0 Å². The third-order valence-electron chi connectivity index (χ3n) is 2.71. The van der Waals surface area contributed by atoms with Crippen molar-refractivity contribution in [3.8, 4) is 0 Å². The fourth-order valence-corrected chi connectivity index (χ4v) is 2.16. The summed E-state index contributed by atoms with van der Waals surface area (Å²) in [5, 5.41) is 4.02. The van der Waals surface area contributed by atoms with Crippen molar-refractivity contribution in [2.24, 2.45) is 0 Å². The number of nitrogens with zero attached hydrogens (tertiary/aromatic N) is 4. The predicted molar refractivity (Wildman–Crippen MR) is 82.7 cm³/mol. The molecule has 0 radical (unpaired) electrons. The first-order valence-corrected chi connectivity index (χ1v) is 6.83. The first kappa shape index (κ1) is 14.8. The summed E-state index contributed by atoms with van der Waals surface area (Å²) in [5.41, 5.74) is 0.970. The van der Waals surface area contributed by atoms with Gasteiger partial charge in [0, 0.05) is 19.1 Å². The average molecular weight is 312 g/mol. The van der Waals surface area contributed by atoms with Gasteiger partial charge in [-0.25, -0.2) is 0 Å². The summed E-state index contributed by atoms with van der Waals surface area (Å²) < 4.78 is 0. The van der Waals surface area contributed by atoms with Gasteiger partial charge < -0.3 is 10.2 Å². The Labute approximate surface area is 128 Å². The molecule has 1 unspecified atom stereocenters. The van der Waals surface area contributed by atoms with E-state index in [2.05, 4.69) is 20.3 Å². The van der Waals surface area contributed by atoms with E-state index in [0.717, 1.165) is 5.56 Å². The Morgan fingerprint density at radius 2 is 1.80 bits per heavy atom. The smallest absolute Gasteiger partial charge is 0.230 e. The molecule has 0 saturated carbocycles. The number of aromatic nitrogens is 3. The molecule has 1 aromatic carbocycles. The summed E-state index contributed by atoms with van der Waals surface area (Å²) in [6, 6.07) is 7.58. The van der Waals surface area contributed by atoms with Crippen molar-refractivity contribution in [1.29, 1.82) is 0 Å². The van der Waals surface area contributed by atoms with E-state index in [0.29, 0.717) is 16.9 Å². The van der Waals surface area contributed by atoms with E-state index in [1.54, 1.807) is 4.90 Å². The molecule has 20 heavy (non-hydrogen) atoms. The van der Waals surface area contributed by atoms with Gasteiger partial charge >= 0.3 is 0 Å². The summed E-state index contributed by atoms with van der Waals surface area (Å²) in [5.74, 6) is 0.917. The molecular formula is C13H15Cl2N5. The Morgan fingerprint density at radius 1 is 1.10 bits per heavy atom. The lowest BCUT2D eigenvalue weighted by Crippen LogP contribution is -2.16. The quantitative estimate of drug-likeness (QED) is 0.937. The van der Waals surface area contributed by atoms with Gasteiger partial charge in [0.25, 0.3) is 0 Å². The standard InChI is InChI=1S/C13H15Cl2N5/c1-8(9-6-4-5-7-10(9)14)16-12-17-11(15)18-13(19-12)20(2)3/h4-8H,1-3H3,(H,16,17,18,19). The van der Waals surface area contributed by atoms with Crippen molar-refractivity contribution < 1.29 is 0 Å². The Morgan fingerprint density at radius 3 is 2.45 bits per heavy atom. The Balaban J connectivity index is 2.24. The van der Waals surface area contributed by atoms with Crippen LogP contribution in [0.3, 0.4) is 0 Å². The minimum Gasteiger partial charge on any atom is -0.347 e. The molecule has 0 aliphatic heterocycles. The molecule has 0 spiro atoms. The summed E-state index contributed by atoms with van der Waals surface area (Å²) in [6.07, 6.45) is 0. The number of anilines is 2. The van der Waals surface area contributed by atoms with Crippen LogP contribution in [0.5, 0.6) is 0 Å². The molecule has 5 nitrogen and oxygen atoms in total. The topological polar surface area (TPSA) is 53.9 Å². The predicted octanol–water partition coefficient (Wildman–Crippen LogP) is 3.42. The van der Waals surface area contributed by atoms with Gasteiger partial charge in [0.2, 0.25) is 17.2 Å². The maximum absolute atomic E-state index is 6.17. The third-order valence-corrected chi connectivity index (χ3v) is 3.23. The van der Waals surface area contributed by atoms with E-state index in [4.69, 9.17) is 23.2 Å². The maximum Gasteiger partial charge on any atom is 0.230 e. The Bertz CT molecular complexity index is 603. The molecule has 1 heterocycles. The third kappa shape index (κ3) is 3.49. The molecule has 0 amide bonds. The summed E-state index contributed by atoms with van der Waals surface area (Å²) in [7, 11) is 3.68. The molecule has 0 aliphatic carbocycles. The summed E-state index contributed by atoms with van der Waals surface area (Å²) in [6.45, 7) is 1.98. The zero-order chi connectivity index (χ0) is 14.7. The van der Waals surface area contributed by atoms with Crippen LogP contribution >= 0.6 is 23.2 Å². The van der Waals surface area contributed by atoms with Gasteiger partial charge in [-0.3, -0.25) is 0 Å². The van der Waals surface area contributed by atoms with Crippen LogP contribution in [0.2, 0.25) is 10.3 Å². The van der Waals surface area contributed by atoms with Crippen molar-refractivity contribution in [2.75, 3.05) is 24.3 Å². The number of hydrogen-bond donors (Lipinski definition) is 1. The fraction of sp³-hybridized carbons (Fsp3) is 0.308. The second-order valence-corrected chi connectivity index (χ2v) is 5.26. The number of rotatable bonds is 4. The molecule has 2 aromatic rings. The maximum atomic E-state index is 6.17. The van der Waals surface area contributed by atoms with Crippen LogP contribution in [0, 0.1) is 0 Å². The van der Waals surface area contributed by atoms with E-state index in [1.807, 2.05) is 45.3 Å². The van der Waals surface area contributed by atoms with Crippen LogP contribution < -0.4 is 10.2 Å². The van der Waals surface area contributed by atoms with Crippen LogP contribution in [0.1, 0.15) is 18.5 Å². The molecule has 1 atom stereocenters. The number of benzene rings is 1. The molecule has 7 heteroatoms. The molecule has 0 aliphatic rings. The SMILES string of the molecule is CC(Nc1nc(Cl)nc(N(C)C)n1)c1ccccc1Cl. The van der Waals surface area contributed by atoms with E-state index in [9.17, 15) is 0 Å². The van der Waals surface area contributed by atoms with Crippen molar-refractivity contribution in [3.05, 3.63) is 40.1 Å². The van der Waals surface area contributed by atoms with Crippen LogP contribution in [0.4, 0.5) is 11.9 Å². The molecule has 1 N–H and O–H groups in total. The highest BCUT2D eigenvalue weighted by Gasteiger charge is 2.12. The molecule has 1 aromatic heterocycles. The lowest BCUT2D eigenvalue weighted by atomic mass is 10.1. The second-order valence-electron chi connectivity index (χ2n) is 4.51. The number of halogens is 2. The Hall–Kier alpha value is -1.59. The lowest BCUT2D eigenvalue weighted by Gasteiger charge is -2.17. The van der Waals surface area contributed by atoms with E-state index < -0.39 is 0 Å². The van der Waals surface area contributed by atoms with E-state index in [1.165, 1.54) is 0 Å². The highest BCUT2D eigenvalue weighted by atomic mass is 35.5. The monoisotopic (exact) mass is 311 g/mol. The zero-order valence-electron chi connectivity index (χ0n) is 11.4. The van der Waals surface area contributed by atoms with Crippen LogP contribution in [0.15, 0.2) is 24.3 Å². The minimum atomic E-state index is -0.0443. The van der Waals surface area contributed by atoms with Crippen LogP contribution in [-0.2, 0) is 0 Å². The highest BCUT2D eigenvalue weighted by molar-refractivity contribution is 6.31. The zero-order valence-corrected chi connectivity index (χ0v) is 12.9. The highest BCUT2D eigenvalue weighted by Crippen LogP contribution is 2.25. The van der Waals surface area contributed by atoms with Crippen molar-refractivity contribution in [3.63, 3.8) is 0 Å². The molecule has 2 rings (SSSR count). The van der Waals surface area contributed by atoms with E-state index in [-0.39, 0.29) is 11.3 Å². The van der Waals surface area contributed by atoms with Gasteiger partial charge in [0.1, 0.15) is 0 Å². The second kappa shape index (κ2) is 6.24. The van der Waals surface area contributed by atoms with Gasteiger partial charge in [-0.1, -0.05) is 29.8 Å². The average Bonchev–Trinajstić information content (AvgIpc) is 2.38. The fourth-order valence-electron chi connectivity index (χ4n) is 1.70. The van der Waals surface area contributed by atoms with Crippen molar-refractivity contribution >= 4 is 35.1 Å². The van der Waals surface area contributed by atoms with Gasteiger partial charge in [-0.05, 0) is 30.2 Å². The first-order valence-electron chi connectivity index (χ1n) is 6.07. The molecule has 106 valence electrons. The first-order chi connectivity index (χ1) is 9.47. The van der Waals surface area contributed by atoms with Crippen molar-refractivity contribution in [1.82, 2.24) is 15.0 Å². The lowest BCUT2D eigenvalue weighted by molar-refractivity contribution is 0.847. The minimum absolute atomic E-state index is 0.0443. The van der Waals surface area contributed by atoms with Gasteiger partial charge in [0.05, 0.1) is 6.04 Å². The summed E-state index contributed by atoms with van der Waals surface area (Å²) >= 11 is 12.1. The van der Waals surface area contributed by atoms with Crippen LogP contribution in [-0.4, -0.2) is 29.0 Å². The number of nitrogens with one attached hydrogen (secondary N) is 1. The largest absolute Gasteiger partial charge is 0.347 e. The number of hydrogen-bond acceptors (Lipinski definition) is 5. The van der Waals surface area contributed by atoms with Gasteiger partial charge in [-0.15, -0.1) is 0 Å². The molecule has 0 fully saturated rings. The Kier molecular flexibility index (Phi) is 4.62. The van der Waals surface area contributed by atoms with Gasteiger partial charge in [-0.2, -0.15) is 15.0 Å². The van der Waals surface area contributed by atoms with Gasteiger partial charge in [0.15, 0.2) is 0 Å². The van der Waals surface area contributed by atoms with E-state index >= 15 is 0 Å². The normalized spacial score (nSPS) is 12.1. The molecule has 0 saturated heterocycles. The molecular weight excluding hydrogens is 297 g/mol.